The minimum atomic E-state index is 0.620. The summed E-state index contributed by atoms with van der Waals surface area (Å²) in [6.07, 6.45) is 3.78. The summed E-state index contributed by atoms with van der Waals surface area (Å²) >= 11 is 11.9. The average molecular weight is 292 g/mol. The summed E-state index contributed by atoms with van der Waals surface area (Å²) < 4.78 is 1.85. The van der Waals surface area contributed by atoms with E-state index in [4.69, 9.17) is 23.2 Å². The van der Waals surface area contributed by atoms with Gasteiger partial charge in [-0.3, -0.25) is 0 Å². The predicted octanol–water partition coefficient (Wildman–Crippen LogP) is 4.25. The number of pyridine rings is 1. The molecular formula is C14H11Cl2N3. The van der Waals surface area contributed by atoms with Crippen LogP contribution in [0, 0.1) is 0 Å². The third-order valence-electron chi connectivity index (χ3n) is 2.85. The van der Waals surface area contributed by atoms with E-state index in [1.54, 1.807) is 6.07 Å². The van der Waals surface area contributed by atoms with Crippen LogP contribution in [0.2, 0.25) is 10.0 Å². The van der Waals surface area contributed by atoms with E-state index in [1.807, 2.05) is 47.2 Å². The molecule has 96 valence electrons. The summed E-state index contributed by atoms with van der Waals surface area (Å²) in [5, 5.41) is 8.83. The molecule has 3 aromatic rings. The van der Waals surface area contributed by atoms with Crippen molar-refractivity contribution in [2.45, 2.75) is 6.54 Å². The predicted molar refractivity (Wildman–Crippen MR) is 79.0 cm³/mol. The molecule has 0 amide bonds. The largest absolute Gasteiger partial charge is 0.381 e. The Morgan fingerprint density at radius 2 is 1.89 bits per heavy atom. The van der Waals surface area contributed by atoms with Crippen LogP contribution in [0.1, 0.15) is 5.56 Å². The molecule has 5 heteroatoms. The van der Waals surface area contributed by atoms with E-state index in [1.165, 1.54) is 0 Å². The van der Waals surface area contributed by atoms with Crippen LogP contribution in [0.4, 0.5) is 5.69 Å². The summed E-state index contributed by atoms with van der Waals surface area (Å²) in [5.74, 6) is 0. The molecule has 0 unspecified atom stereocenters. The quantitative estimate of drug-likeness (QED) is 0.781. The molecule has 0 atom stereocenters. The lowest BCUT2D eigenvalue weighted by Gasteiger charge is -2.06. The molecule has 0 saturated heterocycles. The molecule has 0 aliphatic heterocycles. The van der Waals surface area contributed by atoms with E-state index >= 15 is 0 Å². The summed E-state index contributed by atoms with van der Waals surface area (Å²) in [6, 6.07) is 11.4. The molecule has 2 heterocycles. The zero-order valence-electron chi connectivity index (χ0n) is 9.98. The maximum atomic E-state index is 5.96. The van der Waals surface area contributed by atoms with Crippen LogP contribution >= 0.6 is 23.2 Å². The number of benzene rings is 1. The number of halogens is 2. The van der Waals surface area contributed by atoms with Crippen LogP contribution in [0.15, 0.2) is 48.8 Å². The van der Waals surface area contributed by atoms with Crippen molar-refractivity contribution in [2.24, 2.45) is 0 Å². The Labute approximate surface area is 120 Å². The Hall–Kier alpha value is -1.71. The standard InChI is InChI=1S/C14H11Cl2N3/c15-11-5-12(16)7-13(6-11)17-8-10-9-18-19-4-2-1-3-14(10)19/h1-7,9,17H,8H2. The monoisotopic (exact) mass is 291 g/mol. The highest BCUT2D eigenvalue weighted by atomic mass is 35.5. The molecule has 1 N–H and O–H groups in total. The van der Waals surface area contributed by atoms with Crippen molar-refractivity contribution in [1.82, 2.24) is 9.61 Å². The summed E-state index contributed by atoms with van der Waals surface area (Å²) in [7, 11) is 0. The van der Waals surface area contributed by atoms with Gasteiger partial charge in [0.15, 0.2) is 0 Å². The average Bonchev–Trinajstić information content (AvgIpc) is 2.78. The molecule has 0 aliphatic rings. The Morgan fingerprint density at radius 1 is 1.11 bits per heavy atom. The number of anilines is 1. The fourth-order valence-corrected chi connectivity index (χ4v) is 2.50. The number of hydrogen-bond acceptors (Lipinski definition) is 2. The molecule has 3 rings (SSSR count). The molecule has 0 bridgehead atoms. The van der Waals surface area contributed by atoms with E-state index < -0.39 is 0 Å². The van der Waals surface area contributed by atoms with Crippen LogP contribution in [0.3, 0.4) is 0 Å². The molecular weight excluding hydrogens is 281 g/mol. The number of rotatable bonds is 3. The first kappa shape index (κ1) is 12.3. The van der Waals surface area contributed by atoms with Gasteiger partial charge < -0.3 is 5.32 Å². The second kappa shape index (κ2) is 5.11. The van der Waals surface area contributed by atoms with Gasteiger partial charge in [-0.25, -0.2) is 4.52 Å². The number of fused-ring (bicyclic) bond motifs is 1. The summed E-state index contributed by atoms with van der Waals surface area (Å²) in [4.78, 5) is 0. The molecule has 19 heavy (non-hydrogen) atoms. The van der Waals surface area contributed by atoms with E-state index in [-0.39, 0.29) is 0 Å². The van der Waals surface area contributed by atoms with Crippen LogP contribution < -0.4 is 5.32 Å². The van der Waals surface area contributed by atoms with Crippen LogP contribution in [0.25, 0.3) is 5.52 Å². The SMILES string of the molecule is Clc1cc(Cl)cc(NCc2cnn3ccccc23)c1. The van der Waals surface area contributed by atoms with Gasteiger partial charge in [0.25, 0.3) is 0 Å². The maximum Gasteiger partial charge on any atom is 0.0711 e. The zero-order valence-corrected chi connectivity index (χ0v) is 11.5. The van der Waals surface area contributed by atoms with Crippen molar-refractivity contribution in [3.63, 3.8) is 0 Å². The van der Waals surface area contributed by atoms with Crippen LogP contribution in [-0.2, 0) is 6.54 Å². The lowest BCUT2D eigenvalue weighted by atomic mass is 10.2. The van der Waals surface area contributed by atoms with Gasteiger partial charge in [-0.1, -0.05) is 29.3 Å². The highest BCUT2D eigenvalue weighted by Gasteiger charge is 2.03. The second-order valence-electron chi connectivity index (χ2n) is 4.21. The molecule has 0 radical (unpaired) electrons. The fraction of sp³-hybridized carbons (Fsp3) is 0.0714. The Balaban J connectivity index is 1.82. The van der Waals surface area contributed by atoms with E-state index in [9.17, 15) is 0 Å². The first-order chi connectivity index (χ1) is 9.22. The van der Waals surface area contributed by atoms with Gasteiger partial charge in [0.2, 0.25) is 0 Å². The second-order valence-corrected chi connectivity index (χ2v) is 5.08. The molecule has 0 spiro atoms. The topological polar surface area (TPSA) is 29.3 Å². The molecule has 2 aromatic heterocycles. The van der Waals surface area contributed by atoms with E-state index in [0.29, 0.717) is 16.6 Å². The smallest absolute Gasteiger partial charge is 0.0711 e. The zero-order chi connectivity index (χ0) is 13.2. The molecule has 3 nitrogen and oxygen atoms in total. The van der Waals surface area contributed by atoms with E-state index in [2.05, 4.69) is 10.4 Å². The van der Waals surface area contributed by atoms with Crippen molar-refractivity contribution in [3.8, 4) is 0 Å². The van der Waals surface area contributed by atoms with Crippen molar-refractivity contribution in [3.05, 3.63) is 64.4 Å². The molecule has 0 fully saturated rings. The first-order valence-corrected chi connectivity index (χ1v) is 6.59. The molecule has 0 aliphatic carbocycles. The van der Waals surface area contributed by atoms with Crippen molar-refractivity contribution < 1.29 is 0 Å². The van der Waals surface area contributed by atoms with Crippen LogP contribution in [0.5, 0.6) is 0 Å². The minimum absolute atomic E-state index is 0.620. The van der Waals surface area contributed by atoms with Crippen molar-refractivity contribution in [1.29, 1.82) is 0 Å². The van der Waals surface area contributed by atoms with Crippen molar-refractivity contribution >= 4 is 34.4 Å². The van der Waals surface area contributed by atoms with Gasteiger partial charge in [-0.05, 0) is 30.3 Å². The normalized spacial score (nSPS) is 10.8. The Morgan fingerprint density at radius 3 is 2.68 bits per heavy atom. The third kappa shape index (κ3) is 2.67. The fourth-order valence-electron chi connectivity index (χ4n) is 1.98. The van der Waals surface area contributed by atoms with Gasteiger partial charge in [-0.2, -0.15) is 5.10 Å². The number of aromatic nitrogens is 2. The van der Waals surface area contributed by atoms with Gasteiger partial charge in [0.1, 0.15) is 0 Å². The van der Waals surface area contributed by atoms with Crippen molar-refractivity contribution in [2.75, 3.05) is 5.32 Å². The van der Waals surface area contributed by atoms with Gasteiger partial charge in [-0.15, -0.1) is 0 Å². The molecule has 0 saturated carbocycles. The summed E-state index contributed by atoms with van der Waals surface area (Å²) in [5.41, 5.74) is 3.10. The summed E-state index contributed by atoms with van der Waals surface area (Å²) in [6.45, 7) is 0.671. The lowest BCUT2D eigenvalue weighted by Crippen LogP contribution is -1.99. The minimum Gasteiger partial charge on any atom is -0.381 e. The highest BCUT2D eigenvalue weighted by Crippen LogP contribution is 2.23. The third-order valence-corrected chi connectivity index (χ3v) is 3.29. The highest BCUT2D eigenvalue weighted by molar-refractivity contribution is 6.35. The number of nitrogens with one attached hydrogen (secondary N) is 1. The number of hydrogen-bond donors (Lipinski definition) is 1. The Bertz CT molecular complexity index is 701. The van der Waals surface area contributed by atoms with Gasteiger partial charge in [0.05, 0.1) is 11.7 Å². The lowest BCUT2D eigenvalue weighted by molar-refractivity contribution is 0.961. The maximum absolute atomic E-state index is 5.96. The first-order valence-electron chi connectivity index (χ1n) is 5.83. The van der Waals surface area contributed by atoms with Crippen LogP contribution in [-0.4, -0.2) is 9.61 Å². The Kier molecular flexibility index (Phi) is 3.32. The number of nitrogens with zero attached hydrogens (tertiary/aromatic N) is 2. The van der Waals surface area contributed by atoms with Gasteiger partial charge in [0, 0.05) is 34.0 Å². The van der Waals surface area contributed by atoms with Gasteiger partial charge >= 0.3 is 0 Å². The molecule has 1 aromatic carbocycles. The van der Waals surface area contributed by atoms with E-state index in [0.717, 1.165) is 16.8 Å².